The maximum atomic E-state index is 3.96. The Labute approximate surface area is 90.8 Å². The standard InChI is InChI=1S/C9H11N3S2/c1-6-3-4-13-8(6)7(2)11-9-12-10-5-14-9/h3-5,7H,1-2H3,(H,11,12). The highest BCUT2D eigenvalue weighted by Gasteiger charge is 2.10. The fourth-order valence-electron chi connectivity index (χ4n) is 1.31. The van der Waals surface area contributed by atoms with E-state index in [1.165, 1.54) is 21.8 Å². The number of thiophene rings is 1. The molecule has 0 saturated heterocycles. The molecule has 0 bridgehead atoms. The molecule has 0 aliphatic heterocycles. The number of hydrogen-bond donors (Lipinski definition) is 1. The number of aryl methyl sites for hydroxylation is 1. The van der Waals surface area contributed by atoms with E-state index in [9.17, 15) is 0 Å². The highest BCUT2D eigenvalue weighted by Crippen LogP contribution is 2.26. The average Bonchev–Trinajstić information content (AvgIpc) is 2.75. The lowest BCUT2D eigenvalue weighted by atomic mass is 10.2. The molecule has 14 heavy (non-hydrogen) atoms. The summed E-state index contributed by atoms with van der Waals surface area (Å²) in [6.45, 7) is 4.27. The molecule has 2 rings (SSSR count). The Morgan fingerprint density at radius 3 is 2.86 bits per heavy atom. The summed E-state index contributed by atoms with van der Waals surface area (Å²) < 4.78 is 0. The fraction of sp³-hybridized carbons (Fsp3) is 0.333. The number of hydrogen-bond acceptors (Lipinski definition) is 5. The predicted octanol–water partition coefficient (Wildman–Crippen LogP) is 3.08. The summed E-state index contributed by atoms with van der Waals surface area (Å²) in [5, 5.41) is 14.1. The zero-order chi connectivity index (χ0) is 9.97. The molecule has 0 radical (unpaired) electrons. The van der Waals surface area contributed by atoms with Crippen LogP contribution in [0.15, 0.2) is 17.0 Å². The first-order valence-corrected chi connectivity index (χ1v) is 6.10. The van der Waals surface area contributed by atoms with E-state index in [0.29, 0.717) is 6.04 Å². The third kappa shape index (κ3) is 1.93. The van der Waals surface area contributed by atoms with Crippen molar-refractivity contribution in [2.45, 2.75) is 19.9 Å². The molecule has 0 amide bonds. The van der Waals surface area contributed by atoms with Gasteiger partial charge in [0.2, 0.25) is 5.13 Å². The van der Waals surface area contributed by atoms with Gasteiger partial charge in [-0.25, -0.2) is 0 Å². The molecule has 3 nitrogen and oxygen atoms in total. The summed E-state index contributed by atoms with van der Waals surface area (Å²) in [6.07, 6.45) is 0. The quantitative estimate of drug-likeness (QED) is 0.872. The lowest BCUT2D eigenvalue weighted by Gasteiger charge is -2.11. The predicted molar refractivity (Wildman–Crippen MR) is 61.0 cm³/mol. The van der Waals surface area contributed by atoms with E-state index in [0.717, 1.165) is 5.13 Å². The van der Waals surface area contributed by atoms with Gasteiger partial charge in [-0.15, -0.1) is 21.5 Å². The minimum atomic E-state index is 0.308. The monoisotopic (exact) mass is 225 g/mol. The molecule has 0 aliphatic rings. The minimum Gasteiger partial charge on any atom is -0.353 e. The van der Waals surface area contributed by atoms with Crippen LogP contribution in [0.1, 0.15) is 23.4 Å². The van der Waals surface area contributed by atoms with Crippen molar-refractivity contribution in [3.63, 3.8) is 0 Å². The Morgan fingerprint density at radius 2 is 2.29 bits per heavy atom. The second-order valence-corrected chi connectivity index (χ2v) is 4.86. The highest BCUT2D eigenvalue weighted by atomic mass is 32.1. The van der Waals surface area contributed by atoms with E-state index in [1.807, 2.05) is 0 Å². The van der Waals surface area contributed by atoms with Gasteiger partial charge >= 0.3 is 0 Å². The topological polar surface area (TPSA) is 37.8 Å². The number of anilines is 1. The first-order chi connectivity index (χ1) is 6.77. The van der Waals surface area contributed by atoms with Crippen molar-refractivity contribution in [3.8, 4) is 0 Å². The molecule has 0 fully saturated rings. The number of nitrogens with one attached hydrogen (secondary N) is 1. The summed E-state index contributed by atoms with van der Waals surface area (Å²) in [5.74, 6) is 0. The molecule has 1 unspecified atom stereocenters. The second kappa shape index (κ2) is 4.06. The van der Waals surface area contributed by atoms with Gasteiger partial charge in [0.15, 0.2) is 0 Å². The highest BCUT2D eigenvalue weighted by molar-refractivity contribution is 7.13. The smallest absolute Gasteiger partial charge is 0.205 e. The van der Waals surface area contributed by atoms with Gasteiger partial charge in [0.1, 0.15) is 5.51 Å². The molecule has 1 atom stereocenters. The summed E-state index contributed by atoms with van der Waals surface area (Å²) in [5.41, 5.74) is 3.07. The SMILES string of the molecule is Cc1ccsc1C(C)Nc1nncs1. The average molecular weight is 225 g/mol. The zero-order valence-corrected chi connectivity index (χ0v) is 9.65. The van der Waals surface area contributed by atoms with Crippen LogP contribution in [0.3, 0.4) is 0 Å². The van der Waals surface area contributed by atoms with E-state index in [-0.39, 0.29) is 0 Å². The van der Waals surface area contributed by atoms with Gasteiger partial charge in [-0.3, -0.25) is 0 Å². The van der Waals surface area contributed by atoms with Crippen molar-refractivity contribution in [3.05, 3.63) is 27.4 Å². The molecular weight excluding hydrogens is 214 g/mol. The molecule has 74 valence electrons. The van der Waals surface area contributed by atoms with Crippen LogP contribution in [0.5, 0.6) is 0 Å². The van der Waals surface area contributed by atoms with E-state index in [2.05, 4.69) is 40.8 Å². The van der Waals surface area contributed by atoms with Crippen LogP contribution in [0.4, 0.5) is 5.13 Å². The van der Waals surface area contributed by atoms with Crippen molar-refractivity contribution in [2.75, 3.05) is 5.32 Å². The molecule has 0 aromatic carbocycles. The van der Waals surface area contributed by atoms with E-state index in [4.69, 9.17) is 0 Å². The molecule has 1 N–H and O–H groups in total. The summed E-state index contributed by atoms with van der Waals surface area (Å²) in [7, 11) is 0. The number of aromatic nitrogens is 2. The summed E-state index contributed by atoms with van der Waals surface area (Å²) in [6, 6.07) is 2.45. The van der Waals surface area contributed by atoms with Crippen molar-refractivity contribution < 1.29 is 0 Å². The molecule has 2 aromatic heterocycles. The Balaban J connectivity index is 2.10. The van der Waals surface area contributed by atoms with Crippen LogP contribution in [0.25, 0.3) is 0 Å². The molecule has 0 saturated carbocycles. The van der Waals surface area contributed by atoms with E-state index in [1.54, 1.807) is 16.8 Å². The van der Waals surface area contributed by atoms with Crippen LogP contribution >= 0.6 is 22.7 Å². The van der Waals surface area contributed by atoms with Crippen LogP contribution in [-0.2, 0) is 0 Å². The van der Waals surface area contributed by atoms with Crippen molar-refractivity contribution in [1.29, 1.82) is 0 Å². The van der Waals surface area contributed by atoms with E-state index < -0.39 is 0 Å². The molecule has 5 heteroatoms. The second-order valence-electron chi connectivity index (χ2n) is 3.08. The van der Waals surface area contributed by atoms with Gasteiger partial charge in [-0.1, -0.05) is 11.3 Å². The zero-order valence-electron chi connectivity index (χ0n) is 8.02. The summed E-state index contributed by atoms with van der Waals surface area (Å²) in [4.78, 5) is 1.36. The fourth-order valence-corrected chi connectivity index (χ4v) is 2.78. The van der Waals surface area contributed by atoms with Gasteiger partial charge in [0.25, 0.3) is 0 Å². The number of rotatable bonds is 3. The van der Waals surface area contributed by atoms with Crippen LogP contribution in [0.2, 0.25) is 0 Å². The van der Waals surface area contributed by atoms with Crippen molar-refractivity contribution in [2.24, 2.45) is 0 Å². The lowest BCUT2D eigenvalue weighted by molar-refractivity contribution is 0.886. The normalized spacial score (nSPS) is 12.7. The van der Waals surface area contributed by atoms with Gasteiger partial charge in [-0.2, -0.15) is 0 Å². The Hall–Kier alpha value is -0.940. The minimum absolute atomic E-state index is 0.308. The molecule has 0 aliphatic carbocycles. The first kappa shape index (κ1) is 9.61. The van der Waals surface area contributed by atoms with Gasteiger partial charge < -0.3 is 5.32 Å². The van der Waals surface area contributed by atoms with Crippen LogP contribution < -0.4 is 5.32 Å². The molecule has 2 aromatic rings. The molecular formula is C9H11N3S2. The van der Waals surface area contributed by atoms with Crippen molar-refractivity contribution in [1.82, 2.24) is 10.2 Å². The first-order valence-electron chi connectivity index (χ1n) is 4.34. The summed E-state index contributed by atoms with van der Waals surface area (Å²) >= 11 is 3.30. The Kier molecular flexibility index (Phi) is 2.79. The van der Waals surface area contributed by atoms with Gasteiger partial charge in [0, 0.05) is 4.88 Å². The maximum Gasteiger partial charge on any atom is 0.205 e. The van der Waals surface area contributed by atoms with Gasteiger partial charge in [0.05, 0.1) is 6.04 Å². The van der Waals surface area contributed by atoms with Gasteiger partial charge in [-0.05, 0) is 30.9 Å². The Bertz CT molecular complexity index is 394. The third-order valence-corrected chi connectivity index (χ3v) is 3.82. The molecule has 2 heterocycles. The molecule has 0 spiro atoms. The van der Waals surface area contributed by atoms with Crippen LogP contribution in [-0.4, -0.2) is 10.2 Å². The van der Waals surface area contributed by atoms with Crippen molar-refractivity contribution >= 4 is 27.8 Å². The third-order valence-electron chi connectivity index (χ3n) is 2.00. The lowest BCUT2D eigenvalue weighted by Crippen LogP contribution is -2.05. The Morgan fingerprint density at radius 1 is 1.43 bits per heavy atom. The largest absolute Gasteiger partial charge is 0.353 e. The number of nitrogens with zero attached hydrogens (tertiary/aromatic N) is 2. The maximum absolute atomic E-state index is 3.96. The van der Waals surface area contributed by atoms with Crippen LogP contribution in [0, 0.1) is 6.92 Å². The van der Waals surface area contributed by atoms with E-state index >= 15 is 0 Å².